The van der Waals surface area contributed by atoms with E-state index in [-0.39, 0.29) is 16.8 Å². The van der Waals surface area contributed by atoms with Crippen molar-refractivity contribution in [2.75, 3.05) is 19.8 Å². The van der Waals surface area contributed by atoms with Gasteiger partial charge in [0.15, 0.2) is 11.5 Å². The third-order valence-electron chi connectivity index (χ3n) is 5.43. The van der Waals surface area contributed by atoms with Crippen LogP contribution in [0.15, 0.2) is 47.4 Å². The number of rotatable bonds is 5. The third kappa shape index (κ3) is 4.29. The molecule has 0 spiro atoms. The molecule has 0 aliphatic carbocycles. The molecule has 2 aromatic rings. The average molecular weight is 431 g/mol. The van der Waals surface area contributed by atoms with Crippen molar-refractivity contribution in [3.8, 4) is 11.5 Å². The lowest BCUT2D eigenvalue weighted by molar-refractivity contribution is -0.119. The molecule has 2 heterocycles. The Morgan fingerprint density at radius 2 is 1.80 bits per heavy atom. The van der Waals surface area contributed by atoms with Crippen LogP contribution in [-0.4, -0.2) is 38.4 Å². The standard InChI is InChI=1S/C22H26N2O5S/c1-16(25)23-15-17-5-8-19(9-6-17)30(26,27)24-11-2-4-20(24)18-7-10-21-22(14-18)29-13-3-12-28-21/h5-10,14,20H,2-4,11-13,15H2,1H3,(H,23,25)/t20-/m0/s1. The van der Waals surface area contributed by atoms with Crippen LogP contribution in [0.3, 0.4) is 0 Å². The summed E-state index contributed by atoms with van der Waals surface area (Å²) in [7, 11) is -3.64. The molecule has 30 heavy (non-hydrogen) atoms. The van der Waals surface area contributed by atoms with Gasteiger partial charge in [0.25, 0.3) is 0 Å². The van der Waals surface area contributed by atoms with E-state index in [1.807, 2.05) is 18.2 Å². The molecule has 160 valence electrons. The fraction of sp³-hybridized carbons (Fsp3) is 0.409. The van der Waals surface area contributed by atoms with Crippen molar-refractivity contribution < 1.29 is 22.7 Å². The summed E-state index contributed by atoms with van der Waals surface area (Å²) in [6.45, 7) is 3.52. The van der Waals surface area contributed by atoms with Gasteiger partial charge >= 0.3 is 0 Å². The zero-order valence-corrected chi connectivity index (χ0v) is 17.8. The second-order valence-electron chi connectivity index (χ2n) is 7.58. The summed E-state index contributed by atoms with van der Waals surface area (Å²) >= 11 is 0. The van der Waals surface area contributed by atoms with Crippen LogP contribution in [0.2, 0.25) is 0 Å². The van der Waals surface area contributed by atoms with E-state index in [1.165, 1.54) is 6.92 Å². The maximum Gasteiger partial charge on any atom is 0.243 e. The first-order chi connectivity index (χ1) is 14.4. The van der Waals surface area contributed by atoms with Gasteiger partial charge in [0, 0.05) is 26.4 Å². The van der Waals surface area contributed by atoms with Crippen LogP contribution in [0, 0.1) is 0 Å². The first-order valence-corrected chi connectivity index (χ1v) is 11.6. The van der Waals surface area contributed by atoms with Crippen LogP contribution in [0.5, 0.6) is 11.5 Å². The molecule has 2 aliphatic heterocycles. The Labute approximate surface area is 177 Å². The van der Waals surface area contributed by atoms with E-state index in [0.29, 0.717) is 37.8 Å². The largest absolute Gasteiger partial charge is 0.490 e. The lowest BCUT2D eigenvalue weighted by Crippen LogP contribution is -2.30. The number of nitrogens with one attached hydrogen (secondary N) is 1. The number of hydrogen-bond donors (Lipinski definition) is 1. The van der Waals surface area contributed by atoms with E-state index in [1.54, 1.807) is 28.6 Å². The molecular formula is C22H26N2O5S. The Bertz CT molecular complexity index is 1020. The average Bonchev–Trinajstić information content (AvgIpc) is 3.12. The lowest BCUT2D eigenvalue weighted by atomic mass is 10.0. The van der Waals surface area contributed by atoms with Crippen molar-refractivity contribution in [1.82, 2.24) is 9.62 Å². The summed E-state index contributed by atoms with van der Waals surface area (Å²) < 4.78 is 39.7. The van der Waals surface area contributed by atoms with Gasteiger partial charge in [-0.3, -0.25) is 4.79 Å². The molecule has 1 N–H and O–H groups in total. The van der Waals surface area contributed by atoms with Gasteiger partial charge in [0.1, 0.15) is 0 Å². The molecule has 0 aromatic heterocycles. The van der Waals surface area contributed by atoms with Gasteiger partial charge in [-0.05, 0) is 48.2 Å². The highest BCUT2D eigenvalue weighted by atomic mass is 32.2. The van der Waals surface area contributed by atoms with Gasteiger partial charge in [0.2, 0.25) is 15.9 Å². The molecule has 0 bridgehead atoms. The molecule has 4 rings (SSSR count). The maximum atomic E-state index is 13.3. The molecule has 1 fully saturated rings. The smallest absolute Gasteiger partial charge is 0.243 e. The molecule has 2 aliphatic rings. The highest BCUT2D eigenvalue weighted by Crippen LogP contribution is 2.40. The summed E-state index contributed by atoms with van der Waals surface area (Å²) in [5, 5.41) is 2.71. The van der Waals surface area contributed by atoms with E-state index >= 15 is 0 Å². The minimum atomic E-state index is -3.64. The molecular weight excluding hydrogens is 404 g/mol. The zero-order valence-electron chi connectivity index (χ0n) is 17.0. The van der Waals surface area contributed by atoms with Crippen molar-refractivity contribution >= 4 is 15.9 Å². The third-order valence-corrected chi connectivity index (χ3v) is 7.35. The number of hydrogen-bond acceptors (Lipinski definition) is 5. The van der Waals surface area contributed by atoms with Crippen LogP contribution in [0.1, 0.15) is 43.4 Å². The Balaban J connectivity index is 1.56. The molecule has 0 saturated carbocycles. The quantitative estimate of drug-likeness (QED) is 0.788. The first kappa shape index (κ1) is 20.7. The van der Waals surface area contributed by atoms with Crippen LogP contribution in [-0.2, 0) is 21.4 Å². The SMILES string of the molecule is CC(=O)NCc1ccc(S(=O)(=O)N2CCC[C@H]2c2ccc3c(c2)OCCCO3)cc1. The molecule has 0 radical (unpaired) electrons. The minimum absolute atomic E-state index is 0.123. The van der Waals surface area contributed by atoms with E-state index in [0.717, 1.165) is 30.4 Å². The number of nitrogens with zero attached hydrogens (tertiary/aromatic N) is 1. The maximum absolute atomic E-state index is 13.3. The minimum Gasteiger partial charge on any atom is -0.490 e. The van der Waals surface area contributed by atoms with Crippen molar-refractivity contribution in [2.45, 2.75) is 43.7 Å². The second kappa shape index (κ2) is 8.65. The Kier molecular flexibility index (Phi) is 5.97. The van der Waals surface area contributed by atoms with Crippen molar-refractivity contribution in [2.24, 2.45) is 0 Å². The Morgan fingerprint density at radius 3 is 2.53 bits per heavy atom. The van der Waals surface area contributed by atoms with Crippen LogP contribution < -0.4 is 14.8 Å². The Hall–Kier alpha value is -2.58. The topological polar surface area (TPSA) is 84.9 Å². The van der Waals surface area contributed by atoms with Gasteiger partial charge in [-0.1, -0.05) is 18.2 Å². The number of sulfonamides is 1. The fourth-order valence-corrected chi connectivity index (χ4v) is 5.57. The summed E-state index contributed by atoms with van der Waals surface area (Å²) in [5.74, 6) is 1.26. The monoisotopic (exact) mass is 430 g/mol. The van der Waals surface area contributed by atoms with E-state index in [2.05, 4.69) is 5.32 Å². The lowest BCUT2D eigenvalue weighted by Gasteiger charge is -2.25. The summed E-state index contributed by atoms with van der Waals surface area (Å²) in [5.41, 5.74) is 1.77. The molecule has 7 nitrogen and oxygen atoms in total. The number of fused-ring (bicyclic) bond motifs is 1. The molecule has 1 saturated heterocycles. The van der Waals surface area contributed by atoms with E-state index in [4.69, 9.17) is 9.47 Å². The van der Waals surface area contributed by atoms with E-state index < -0.39 is 10.0 Å². The zero-order chi connectivity index (χ0) is 21.1. The second-order valence-corrected chi connectivity index (χ2v) is 9.47. The van der Waals surface area contributed by atoms with Crippen molar-refractivity contribution in [1.29, 1.82) is 0 Å². The number of carbonyl (C=O) groups excluding carboxylic acids is 1. The molecule has 2 aromatic carbocycles. The summed E-state index contributed by atoms with van der Waals surface area (Å²) in [4.78, 5) is 11.3. The van der Waals surface area contributed by atoms with Crippen LogP contribution in [0.4, 0.5) is 0 Å². The van der Waals surface area contributed by atoms with Gasteiger partial charge in [-0.15, -0.1) is 0 Å². The highest BCUT2D eigenvalue weighted by molar-refractivity contribution is 7.89. The van der Waals surface area contributed by atoms with E-state index in [9.17, 15) is 13.2 Å². The van der Waals surface area contributed by atoms with Crippen LogP contribution >= 0.6 is 0 Å². The molecule has 8 heteroatoms. The molecule has 1 atom stereocenters. The van der Waals surface area contributed by atoms with Gasteiger partial charge in [0.05, 0.1) is 24.2 Å². The fourth-order valence-electron chi connectivity index (χ4n) is 3.89. The number of benzene rings is 2. The van der Waals surface area contributed by atoms with Crippen LogP contribution in [0.25, 0.3) is 0 Å². The number of amides is 1. The first-order valence-electron chi connectivity index (χ1n) is 10.2. The van der Waals surface area contributed by atoms with Gasteiger partial charge in [-0.25, -0.2) is 8.42 Å². The predicted molar refractivity (Wildman–Crippen MR) is 112 cm³/mol. The predicted octanol–water partition coefficient (Wildman–Crippen LogP) is 3.01. The number of ether oxygens (including phenoxy) is 2. The summed E-state index contributed by atoms with van der Waals surface area (Å²) in [6, 6.07) is 12.2. The molecule has 0 unspecified atom stereocenters. The van der Waals surface area contributed by atoms with Gasteiger partial charge in [-0.2, -0.15) is 4.31 Å². The highest BCUT2D eigenvalue weighted by Gasteiger charge is 2.36. The normalized spacial score (nSPS) is 19.3. The summed E-state index contributed by atoms with van der Waals surface area (Å²) in [6.07, 6.45) is 2.39. The van der Waals surface area contributed by atoms with Crippen molar-refractivity contribution in [3.63, 3.8) is 0 Å². The Morgan fingerprint density at radius 1 is 1.07 bits per heavy atom. The molecule has 1 amide bonds. The van der Waals surface area contributed by atoms with Gasteiger partial charge < -0.3 is 14.8 Å². The van der Waals surface area contributed by atoms with Crippen molar-refractivity contribution in [3.05, 3.63) is 53.6 Å². The number of carbonyl (C=O) groups is 1.